The molecule has 0 amide bonds. The van der Waals surface area contributed by atoms with Crippen molar-refractivity contribution in [2.75, 3.05) is 13.4 Å². The van der Waals surface area contributed by atoms with Crippen molar-refractivity contribution in [3.05, 3.63) is 23.8 Å². The van der Waals surface area contributed by atoms with Crippen LogP contribution in [0.25, 0.3) is 0 Å². The minimum absolute atomic E-state index is 0.302. The van der Waals surface area contributed by atoms with Crippen LogP contribution in [0, 0.1) is 0 Å². The number of rotatable bonds is 4. The van der Waals surface area contributed by atoms with Gasteiger partial charge in [0.25, 0.3) is 0 Å². The molecule has 0 bridgehead atoms. The Morgan fingerprint density at radius 1 is 1.38 bits per heavy atom. The Bertz CT molecular complexity index is 463. The smallest absolute Gasteiger partial charge is 0.175 e. The first-order chi connectivity index (χ1) is 7.40. The highest BCUT2D eigenvalue weighted by atomic mass is 32.2. The van der Waals surface area contributed by atoms with Crippen molar-refractivity contribution in [3.8, 4) is 5.75 Å². The fraction of sp³-hybridized carbons (Fsp3) is 0.500. The Labute approximate surface area is 97.4 Å². The van der Waals surface area contributed by atoms with Gasteiger partial charge in [-0.25, -0.2) is 8.42 Å². The molecule has 3 nitrogen and oxygen atoms in total. The van der Waals surface area contributed by atoms with Crippen molar-refractivity contribution in [2.24, 2.45) is 0 Å². The van der Waals surface area contributed by atoms with Gasteiger partial charge in [-0.15, -0.1) is 0 Å². The number of hydrogen-bond acceptors (Lipinski definition) is 3. The normalized spacial score (nSPS) is 13.5. The molecule has 0 aliphatic carbocycles. The summed E-state index contributed by atoms with van der Waals surface area (Å²) in [5.74, 6) is 1.01. The molecule has 0 saturated carbocycles. The lowest BCUT2D eigenvalue weighted by molar-refractivity contribution is 0.404. The third kappa shape index (κ3) is 2.76. The van der Waals surface area contributed by atoms with E-state index in [4.69, 9.17) is 4.74 Å². The molecule has 0 saturated heterocycles. The molecule has 1 unspecified atom stereocenters. The summed E-state index contributed by atoms with van der Waals surface area (Å²) >= 11 is 0. The van der Waals surface area contributed by atoms with Gasteiger partial charge < -0.3 is 4.74 Å². The van der Waals surface area contributed by atoms with Crippen LogP contribution in [0.4, 0.5) is 0 Å². The molecule has 0 aliphatic heterocycles. The molecule has 90 valence electrons. The maximum Gasteiger partial charge on any atom is 0.175 e. The summed E-state index contributed by atoms with van der Waals surface area (Å²) in [6.45, 7) is 4.19. The molecule has 16 heavy (non-hydrogen) atoms. The van der Waals surface area contributed by atoms with E-state index in [0.717, 1.165) is 12.0 Å². The second kappa shape index (κ2) is 4.87. The lowest BCUT2D eigenvalue weighted by atomic mass is 9.98. The largest absolute Gasteiger partial charge is 0.496 e. The highest BCUT2D eigenvalue weighted by Gasteiger charge is 2.14. The first-order valence-electron chi connectivity index (χ1n) is 5.28. The zero-order chi connectivity index (χ0) is 12.3. The van der Waals surface area contributed by atoms with Gasteiger partial charge in [0, 0.05) is 6.26 Å². The molecule has 1 aromatic rings. The van der Waals surface area contributed by atoms with Gasteiger partial charge >= 0.3 is 0 Å². The van der Waals surface area contributed by atoms with Gasteiger partial charge in [0.05, 0.1) is 12.0 Å². The zero-order valence-electron chi connectivity index (χ0n) is 10.1. The summed E-state index contributed by atoms with van der Waals surface area (Å²) in [5.41, 5.74) is 1.05. The Balaban J connectivity index is 3.27. The molecule has 0 aliphatic rings. The summed E-state index contributed by atoms with van der Waals surface area (Å²) in [4.78, 5) is 0.302. The molecule has 0 radical (unpaired) electrons. The Kier molecular flexibility index (Phi) is 3.97. The van der Waals surface area contributed by atoms with Crippen molar-refractivity contribution in [1.82, 2.24) is 0 Å². The highest BCUT2D eigenvalue weighted by molar-refractivity contribution is 7.90. The van der Waals surface area contributed by atoms with Crippen molar-refractivity contribution >= 4 is 9.84 Å². The van der Waals surface area contributed by atoms with Crippen molar-refractivity contribution in [2.45, 2.75) is 31.1 Å². The topological polar surface area (TPSA) is 43.4 Å². The van der Waals surface area contributed by atoms with Crippen LogP contribution in [0.1, 0.15) is 31.7 Å². The lowest BCUT2D eigenvalue weighted by Crippen LogP contribution is -2.01. The Morgan fingerprint density at radius 2 is 2.00 bits per heavy atom. The van der Waals surface area contributed by atoms with Gasteiger partial charge in [-0.05, 0) is 30.0 Å². The van der Waals surface area contributed by atoms with Crippen LogP contribution in [0.15, 0.2) is 23.1 Å². The van der Waals surface area contributed by atoms with Crippen LogP contribution >= 0.6 is 0 Å². The first-order valence-corrected chi connectivity index (χ1v) is 7.17. The van der Waals surface area contributed by atoms with E-state index in [1.807, 2.05) is 6.07 Å². The fourth-order valence-corrected chi connectivity index (χ4v) is 2.19. The van der Waals surface area contributed by atoms with Crippen LogP contribution in [0.5, 0.6) is 5.75 Å². The predicted molar refractivity (Wildman–Crippen MR) is 64.8 cm³/mol. The summed E-state index contributed by atoms with van der Waals surface area (Å²) in [7, 11) is -1.60. The lowest BCUT2D eigenvalue weighted by Gasteiger charge is -2.14. The van der Waals surface area contributed by atoms with E-state index in [1.54, 1.807) is 19.2 Å². The molecule has 1 atom stereocenters. The number of ether oxygens (including phenoxy) is 1. The van der Waals surface area contributed by atoms with E-state index in [9.17, 15) is 8.42 Å². The van der Waals surface area contributed by atoms with Crippen LogP contribution in [0.2, 0.25) is 0 Å². The maximum atomic E-state index is 11.4. The average molecular weight is 242 g/mol. The van der Waals surface area contributed by atoms with Crippen LogP contribution in [-0.4, -0.2) is 21.8 Å². The van der Waals surface area contributed by atoms with Crippen molar-refractivity contribution in [3.63, 3.8) is 0 Å². The van der Waals surface area contributed by atoms with Gasteiger partial charge in [-0.1, -0.05) is 19.9 Å². The molecule has 1 aromatic carbocycles. The van der Waals surface area contributed by atoms with Gasteiger partial charge in [0.15, 0.2) is 9.84 Å². The minimum atomic E-state index is -3.16. The summed E-state index contributed by atoms with van der Waals surface area (Å²) in [6, 6.07) is 5.07. The van der Waals surface area contributed by atoms with E-state index in [2.05, 4.69) is 13.8 Å². The zero-order valence-corrected chi connectivity index (χ0v) is 11.0. The van der Waals surface area contributed by atoms with Crippen LogP contribution in [0.3, 0.4) is 0 Å². The van der Waals surface area contributed by atoms with Crippen LogP contribution in [-0.2, 0) is 9.84 Å². The molecule has 0 spiro atoms. The van der Waals surface area contributed by atoms with Crippen molar-refractivity contribution in [1.29, 1.82) is 0 Å². The molecule has 0 fully saturated rings. The van der Waals surface area contributed by atoms with Gasteiger partial charge in [0.1, 0.15) is 5.75 Å². The highest BCUT2D eigenvalue weighted by Crippen LogP contribution is 2.30. The Hall–Kier alpha value is -1.03. The molecular weight excluding hydrogens is 224 g/mol. The van der Waals surface area contributed by atoms with Crippen LogP contribution < -0.4 is 4.74 Å². The third-order valence-corrected chi connectivity index (χ3v) is 3.89. The number of sulfone groups is 1. The summed E-state index contributed by atoms with van der Waals surface area (Å²) in [5, 5.41) is 0. The van der Waals surface area contributed by atoms with E-state index in [-0.39, 0.29) is 0 Å². The van der Waals surface area contributed by atoms with Gasteiger partial charge in [-0.3, -0.25) is 0 Å². The van der Waals surface area contributed by atoms with Gasteiger partial charge in [-0.2, -0.15) is 0 Å². The molecule has 0 N–H and O–H groups in total. The quantitative estimate of drug-likeness (QED) is 0.815. The third-order valence-electron chi connectivity index (χ3n) is 2.78. The SMILES string of the molecule is CCC(C)c1ccc(S(C)(=O)=O)cc1OC. The Morgan fingerprint density at radius 3 is 2.44 bits per heavy atom. The molecular formula is C12H18O3S. The van der Waals surface area contributed by atoms with E-state index < -0.39 is 9.84 Å². The van der Waals surface area contributed by atoms with Gasteiger partial charge in [0.2, 0.25) is 0 Å². The molecule has 4 heteroatoms. The standard InChI is InChI=1S/C12H18O3S/c1-5-9(2)11-7-6-10(16(4,13)14)8-12(11)15-3/h6-9H,5H2,1-4H3. The summed E-state index contributed by atoms with van der Waals surface area (Å²) in [6.07, 6.45) is 2.19. The van der Waals surface area contributed by atoms with E-state index >= 15 is 0 Å². The van der Waals surface area contributed by atoms with E-state index in [0.29, 0.717) is 16.6 Å². The number of benzene rings is 1. The molecule has 0 heterocycles. The first kappa shape index (κ1) is 13.0. The second-order valence-corrected chi connectivity index (χ2v) is 6.00. The molecule has 0 aromatic heterocycles. The molecule has 1 rings (SSSR count). The fourth-order valence-electron chi connectivity index (χ4n) is 1.55. The summed E-state index contributed by atoms with van der Waals surface area (Å²) < 4.78 is 28.0. The number of methoxy groups -OCH3 is 1. The minimum Gasteiger partial charge on any atom is -0.496 e. The van der Waals surface area contributed by atoms with Crippen molar-refractivity contribution < 1.29 is 13.2 Å². The second-order valence-electron chi connectivity index (χ2n) is 3.99. The maximum absolute atomic E-state index is 11.4. The average Bonchev–Trinajstić information content (AvgIpc) is 2.26. The van der Waals surface area contributed by atoms with E-state index in [1.165, 1.54) is 6.26 Å². The number of hydrogen-bond donors (Lipinski definition) is 0. The monoisotopic (exact) mass is 242 g/mol. The predicted octanol–water partition coefficient (Wildman–Crippen LogP) is 2.61.